The van der Waals surface area contributed by atoms with Gasteiger partial charge < -0.3 is 5.73 Å². The van der Waals surface area contributed by atoms with Crippen molar-refractivity contribution in [1.82, 2.24) is 19.7 Å². The van der Waals surface area contributed by atoms with Crippen LogP contribution in [0.4, 0.5) is 0 Å². The van der Waals surface area contributed by atoms with Gasteiger partial charge in [0.1, 0.15) is 11.4 Å². The van der Waals surface area contributed by atoms with E-state index in [1.54, 1.807) is 18.6 Å². The second-order valence-corrected chi connectivity index (χ2v) is 4.44. The third kappa shape index (κ3) is 2.19. The first kappa shape index (κ1) is 10.4. The summed E-state index contributed by atoms with van der Waals surface area (Å²) in [7, 11) is 0. The van der Waals surface area contributed by atoms with E-state index in [1.807, 2.05) is 10.7 Å². The van der Waals surface area contributed by atoms with Crippen LogP contribution in [0, 0.1) is 5.92 Å². The molecular weight excluding hydrogens is 214 g/mol. The molecule has 3 rings (SSSR count). The molecule has 5 nitrogen and oxygen atoms in total. The predicted octanol–water partition coefficient (Wildman–Crippen LogP) is 1.21. The van der Waals surface area contributed by atoms with Gasteiger partial charge in [-0.05, 0) is 24.8 Å². The minimum Gasteiger partial charge on any atom is -0.325 e. The Balaban J connectivity index is 1.92. The Bertz CT molecular complexity index is 501. The van der Waals surface area contributed by atoms with Gasteiger partial charge in [0.15, 0.2) is 0 Å². The van der Waals surface area contributed by atoms with Crippen LogP contribution in [-0.2, 0) is 13.1 Å². The molecule has 0 amide bonds. The van der Waals surface area contributed by atoms with E-state index in [2.05, 4.69) is 15.1 Å². The minimum absolute atomic E-state index is 0.514. The van der Waals surface area contributed by atoms with E-state index in [0.717, 1.165) is 29.5 Å². The smallest absolute Gasteiger partial charge is 0.113 e. The third-order valence-corrected chi connectivity index (χ3v) is 3.03. The Labute approximate surface area is 99.7 Å². The van der Waals surface area contributed by atoms with Crippen LogP contribution in [0.15, 0.2) is 24.7 Å². The van der Waals surface area contributed by atoms with E-state index in [0.29, 0.717) is 6.54 Å². The molecule has 1 fully saturated rings. The molecule has 2 aromatic rings. The van der Waals surface area contributed by atoms with Gasteiger partial charge in [0, 0.05) is 25.5 Å². The molecule has 2 heterocycles. The lowest BCUT2D eigenvalue weighted by Crippen LogP contribution is -2.09. The maximum Gasteiger partial charge on any atom is 0.113 e. The summed E-state index contributed by atoms with van der Waals surface area (Å²) in [4.78, 5) is 8.31. The Morgan fingerprint density at radius 2 is 2.18 bits per heavy atom. The molecule has 0 saturated heterocycles. The molecule has 0 spiro atoms. The minimum atomic E-state index is 0.514. The topological polar surface area (TPSA) is 69.6 Å². The fourth-order valence-electron chi connectivity index (χ4n) is 1.88. The molecule has 0 unspecified atom stereocenters. The lowest BCUT2D eigenvalue weighted by molar-refractivity contribution is 0.541. The second kappa shape index (κ2) is 4.25. The molecule has 2 aromatic heterocycles. The van der Waals surface area contributed by atoms with E-state index in [9.17, 15) is 0 Å². The molecule has 0 atom stereocenters. The van der Waals surface area contributed by atoms with Crippen LogP contribution in [0.2, 0.25) is 0 Å². The van der Waals surface area contributed by atoms with Crippen molar-refractivity contribution >= 4 is 0 Å². The molecule has 1 aliphatic carbocycles. The van der Waals surface area contributed by atoms with Gasteiger partial charge in [0.25, 0.3) is 0 Å². The van der Waals surface area contributed by atoms with E-state index >= 15 is 0 Å². The fourth-order valence-corrected chi connectivity index (χ4v) is 1.88. The van der Waals surface area contributed by atoms with Crippen LogP contribution < -0.4 is 5.73 Å². The summed E-state index contributed by atoms with van der Waals surface area (Å²) >= 11 is 0. The molecule has 1 aliphatic rings. The summed E-state index contributed by atoms with van der Waals surface area (Å²) in [6.07, 6.45) is 7.69. The molecule has 1 saturated carbocycles. The Hall–Kier alpha value is -1.75. The molecule has 5 heteroatoms. The van der Waals surface area contributed by atoms with Gasteiger partial charge in [-0.15, -0.1) is 0 Å². The first-order valence-electron chi connectivity index (χ1n) is 5.90. The highest BCUT2D eigenvalue weighted by molar-refractivity contribution is 5.52. The molecule has 0 radical (unpaired) electrons. The van der Waals surface area contributed by atoms with Crippen LogP contribution in [0.25, 0.3) is 11.4 Å². The number of hydrogen-bond acceptors (Lipinski definition) is 4. The Kier molecular flexibility index (Phi) is 2.60. The first-order chi connectivity index (χ1) is 8.36. The Morgan fingerprint density at radius 3 is 2.82 bits per heavy atom. The molecule has 17 heavy (non-hydrogen) atoms. The molecule has 88 valence electrons. The van der Waals surface area contributed by atoms with Crippen LogP contribution in [0.1, 0.15) is 18.5 Å². The van der Waals surface area contributed by atoms with Crippen LogP contribution in [0.5, 0.6) is 0 Å². The van der Waals surface area contributed by atoms with Crippen LogP contribution in [-0.4, -0.2) is 19.7 Å². The summed E-state index contributed by atoms with van der Waals surface area (Å²) in [6.45, 7) is 1.49. The standard InChI is InChI=1S/C12H15N5/c13-6-10-5-11(12-7-14-3-4-15-12)16-17(10)8-9-1-2-9/h3-5,7,9H,1-2,6,8,13H2. The van der Waals surface area contributed by atoms with Crippen molar-refractivity contribution in [3.05, 3.63) is 30.4 Å². The number of hydrogen-bond donors (Lipinski definition) is 1. The van der Waals surface area contributed by atoms with Crippen molar-refractivity contribution in [2.24, 2.45) is 11.7 Å². The summed E-state index contributed by atoms with van der Waals surface area (Å²) in [6, 6.07) is 2.01. The van der Waals surface area contributed by atoms with Gasteiger partial charge in [-0.1, -0.05) is 0 Å². The second-order valence-electron chi connectivity index (χ2n) is 4.44. The summed E-state index contributed by atoms with van der Waals surface area (Å²) in [5.41, 5.74) is 8.47. The quantitative estimate of drug-likeness (QED) is 0.855. The largest absolute Gasteiger partial charge is 0.325 e. The van der Waals surface area contributed by atoms with Crippen molar-refractivity contribution in [2.75, 3.05) is 0 Å². The predicted molar refractivity (Wildman–Crippen MR) is 63.9 cm³/mol. The maximum absolute atomic E-state index is 5.74. The average Bonchev–Trinajstić information content (AvgIpc) is 3.09. The van der Waals surface area contributed by atoms with Crippen molar-refractivity contribution in [3.63, 3.8) is 0 Å². The molecule has 0 aromatic carbocycles. The number of aromatic nitrogens is 4. The summed E-state index contributed by atoms with van der Waals surface area (Å²) < 4.78 is 2.02. The van der Waals surface area contributed by atoms with Crippen LogP contribution in [0.3, 0.4) is 0 Å². The van der Waals surface area contributed by atoms with E-state index in [1.165, 1.54) is 12.8 Å². The number of nitrogens with two attached hydrogens (primary N) is 1. The zero-order valence-electron chi connectivity index (χ0n) is 9.58. The maximum atomic E-state index is 5.74. The normalized spacial score (nSPS) is 15.1. The van der Waals surface area contributed by atoms with Crippen molar-refractivity contribution < 1.29 is 0 Å². The lowest BCUT2D eigenvalue weighted by Gasteiger charge is -2.03. The highest BCUT2D eigenvalue weighted by Crippen LogP contribution is 2.31. The third-order valence-electron chi connectivity index (χ3n) is 3.03. The van der Waals surface area contributed by atoms with Crippen molar-refractivity contribution in [1.29, 1.82) is 0 Å². The highest BCUT2D eigenvalue weighted by atomic mass is 15.3. The zero-order chi connectivity index (χ0) is 11.7. The molecule has 0 bridgehead atoms. The van der Waals surface area contributed by atoms with Gasteiger partial charge in [-0.2, -0.15) is 5.10 Å². The van der Waals surface area contributed by atoms with E-state index in [4.69, 9.17) is 5.73 Å². The van der Waals surface area contributed by atoms with Gasteiger partial charge in [0.05, 0.1) is 11.9 Å². The van der Waals surface area contributed by atoms with Crippen molar-refractivity contribution in [3.8, 4) is 11.4 Å². The van der Waals surface area contributed by atoms with Gasteiger partial charge in [-0.25, -0.2) is 0 Å². The van der Waals surface area contributed by atoms with Crippen molar-refractivity contribution in [2.45, 2.75) is 25.9 Å². The Morgan fingerprint density at radius 1 is 1.29 bits per heavy atom. The first-order valence-corrected chi connectivity index (χ1v) is 5.90. The van der Waals surface area contributed by atoms with Gasteiger partial charge in [0.2, 0.25) is 0 Å². The van der Waals surface area contributed by atoms with Gasteiger partial charge >= 0.3 is 0 Å². The monoisotopic (exact) mass is 229 g/mol. The van der Waals surface area contributed by atoms with E-state index < -0.39 is 0 Å². The fraction of sp³-hybridized carbons (Fsp3) is 0.417. The number of rotatable bonds is 4. The lowest BCUT2D eigenvalue weighted by atomic mass is 10.3. The molecular formula is C12H15N5. The average molecular weight is 229 g/mol. The highest BCUT2D eigenvalue weighted by Gasteiger charge is 2.23. The van der Waals surface area contributed by atoms with Gasteiger partial charge in [-0.3, -0.25) is 14.6 Å². The van der Waals surface area contributed by atoms with Crippen LogP contribution >= 0.6 is 0 Å². The summed E-state index contributed by atoms with van der Waals surface area (Å²) in [5, 5.41) is 4.57. The zero-order valence-corrected chi connectivity index (χ0v) is 9.58. The molecule has 2 N–H and O–H groups in total. The number of nitrogens with zero attached hydrogens (tertiary/aromatic N) is 4. The molecule has 0 aliphatic heterocycles. The van der Waals surface area contributed by atoms with E-state index in [-0.39, 0.29) is 0 Å². The summed E-state index contributed by atoms with van der Waals surface area (Å²) in [5.74, 6) is 0.787. The SMILES string of the molecule is NCc1cc(-c2cnccn2)nn1CC1CC1.